The number of aromatic nitrogens is 3. The first-order valence-corrected chi connectivity index (χ1v) is 10.8. The molecule has 6 nitrogen and oxygen atoms in total. The molecule has 7 heteroatoms. The Labute approximate surface area is 179 Å². The molecule has 0 N–H and O–H groups in total. The number of amides is 1. The highest BCUT2D eigenvalue weighted by atomic mass is 32.1. The first-order chi connectivity index (χ1) is 14.7. The maximum absolute atomic E-state index is 12.9. The van der Waals surface area contributed by atoms with Crippen molar-refractivity contribution in [3.8, 4) is 11.3 Å². The molecule has 5 rings (SSSR count). The number of hydrogen-bond donors (Lipinski definition) is 0. The summed E-state index contributed by atoms with van der Waals surface area (Å²) in [4.78, 5) is 26.1. The number of rotatable bonds is 3. The quantitative estimate of drug-likeness (QED) is 0.506. The van der Waals surface area contributed by atoms with Gasteiger partial charge in [0, 0.05) is 37.3 Å². The maximum Gasteiger partial charge on any atom is 0.254 e. The number of anilines is 1. The second-order valence-corrected chi connectivity index (χ2v) is 8.14. The molecule has 1 saturated heterocycles. The van der Waals surface area contributed by atoms with Gasteiger partial charge in [0.05, 0.1) is 0 Å². The standard InChI is InChI=1S/C23H21N5OS/c1-16-7-5-6-10-18(16)23(29)28-13-11-27(12-14-28)22-21-20(24-15-25-22)19(26-30-21)17-8-3-2-4-9-17/h2-10,15H,11-14H2,1H3. The molecule has 0 aliphatic carbocycles. The van der Waals surface area contributed by atoms with Crippen molar-refractivity contribution in [1.82, 2.24) is 19.2 Å². The molecule has 0 radical (unpaired) electrons. The lowest BCUT2D eigenvalue weighted by Gasteiger charge is -2.35. The molecule has 0 unspecified atom stereocenters. The van der Waals surface area contributed by atoms with Crippen molar-refractivity contribution < 1.29 is 4.79 Å². The van der Waals surface area contributed by atoms with Crippen molar-refractivity contribution >= 4 is 33.5 Å². The van der Waals surface area contributed by atoms with Crippen molar-refractivity contribution in [2.24, 2.45) is 0 Å². The highest BCUT2D eigenvalue weighted by molar-refractivity contribution is 7.14. The Morgan fingerprint density at radius 1 is 0.933 bits per heavy atom. The minimum Gasteiger partial charge on any atom is -0.352 e. The van der Waals surface area contributed by atoms with Gasteiger partial charge in [0.25, 0.3) is 5.91 Å². The zero-order valence-electron chi connectivity index (χ0n) is 16.7. The average molecular weight is 416 g/mol. The van der Waals surface area contributed by atoms with Crippen LogP contribution < -0.4 is 4.90 Å². The molecule has 0 atom stereocenters. The SMILES string of the molecule is Cc1ccccc1C(=O)N1CCN(c2ncnc3c(-c4ccccc4)nsc23)CC1. The molecule has 1 fully saturated rings. The number of aryl methyl sites for hydroxylation is 1. The Bertz CT molecular complexity index is 1200. The van der Waals surface area contributed by atoms with E-state index >= 15 is 0 Å². The number of benzene rings is 2. The summed E-state index contributed by atoms with van der Waals surface area (Å²) >= 11 is 1.44. The van der Waals surface area contributed by atoms with Crippen LogP contribution in [0.5, 0.6) is 0 Å². The number of carbonyl (C=O) groups excluding carboxylic acids is 1. The van der Waals surface area contributed by atoms with Gasteiger partial charge < -0.3 is 9.80 Å². The fraction of sp³-hybridized carbons (Fsp3) is 0.217. The van der Waals surface area contributed by atoms with Crippen LogP contribution in [0.25, 0.3) is 21.5 Å². The second-order valence-electron chi connectivity index (χ2n) is 7.37. The van der Waals surface area contributed by atoms with Crippen molar-refractivity contribution in [2.75, 3.05) is 31.1 Å². The van der Waals surface area contributed by atoms with E-state index in [1.165, 1.54) is 11.5 Å². The van der Waals surface area contributed by atoms with Crippen LogP contribution in [-0.2, 0) is 0 Å². The third-order valence-corrected chi connectivity index (χ3v) is 6.36. The van der Waals surface area contributed by atoms with Crippen molar-refractivity contribution in [3.05, 3.63) is 72.1 Å². The van der Waals surface area contributed by atoms with E-state index in [9.17, 15) is 4.79 Å². The van der Waals surface area contributed by atoms with Gasteiger partial charge in [-0.3, -0.25) is 4.79 Å². The van der Waals surface area contributed by atoms with E-state index in [-0.39, 0.29) is 5.91 Å². The van der Waals surface area contributed by atoms with Crippen LogP contribution >= 0.6 is 11.5 Å². The third-order valence-electron chi connectivity index (χ3n) is 5.53. The average Bonchev–Trinajstić information content (AvgIpc) is 3.24. The van der Waals surface area contributed by atoms with Crippen LogP contribution in [0.2, 0.25) is 0 Å². The Hall–Kier alpha value is -3.32. The Kier molecular flexibility index (Phi) is 4.88. The first-order valence-electron chi connectivity index (χ1n) is 9.98. The highest BCUT2D eigenvalue weighted by Gasteiger charge is 2.25. The number of piperazine rings is 1. The van der Waals surface area contributed by atoms with Crippen molar-refractivity contribution in [1.29, 1.82) is 0 Å². The zero-order valence-corrected chi connectivity index (χ0v) is 17.5. The summed E-state index contributed by atoms with van der Waals surface area (Å²) in [6.45, 7) is 4.80. The summed E-state index contributed by atoms with van der Waals surface area (Å²) in [5, 5.41) is 0. The summed E-state index contributed by atoms with van der Waals surface area (Å²) in [6.07, 6.45) is 1.61. The predicted molar refractivity (Wildman–Crippen MR) is 120 cm³/mol. The molecule has 0 spiro atoms. The van der Waals surface area contributed by atoms with Gasteiger partial charge in [-0.2, -0.15) is 4.37 Å². The lowest BCUT2D eigenvalue weighted by Crippen LogP contribution is -2.49. The van der Waals surface area contributed by atoms with Crippen LogP contribution in [0.15, 0.2) is 60.9 Å². The Balaban J connectivity index is 1.37. The molecular weight excluding hydrogens is 394 g/mol. The molecular formula is C23H21N5OS. The third kappa shape index (κ3) is 3.31. The van der Waals surface area contributed by atoms with Gasteiger partial charge in [-0.15, -0.1) is 0 Å². The minimum atomic E-state index is 0.102. The number of carbonyl (C=O) groups is 1. The van der Waals surface area contributed by atoms with Crippen LogP contribution in [0.3, 0.4) is 0 Å². The second kappa shape index (κ2) is 7.84. The summed E-state index contributed by atoms with van der Waals surface area (Å²) in [5.74, 6) is 1.01. The molecule has 150 valence electrons. The van der Waals surface area contributed by atoms with E-state index in [2.05, 4.69) is 19.2 Å². The largest absolute Gasteiger partial charge is 0.352 e. The van der Waals surface area contributed by atoms with E-state index in [0.717, 1.165) is 51.5 Å². The number of hydrogen-bond acceptors (Lipinski definition) is 6. The van der Waals surface area contributed by atoms with Crippen LogP contribution in [-0.4, -0.2) is 51.3 Å². The van der Waals surface area contributed by atoms with E-state index in [0.29, 0.717) is 13.1 Å². The number of nitrogens with zero attached hydrogens (tertiary/aromatic N) is 5. The first kappa shape index (κ1) is 18.7. The van der Waals surface area contributed by atoms with E-state index in [1.54, 1.807) is 6.33 Å². The van der Waals surface area contributed by atoms with Gasteiger partial charge >= 0.3 is 0 Å². The summed E-state index contributed by atoms with van der Waals surface area (Å²) in [5.41, 5.74) is 4.63. The molecule has 2 aromatic carbocycles. The lowest BCUT2D eigenvalue weighted by molar-refractivity contribution is 0.0746. The van der Waals surface area contributed by atoms with Crippen LogP contribution in [0.4, 0.5) is 5.82 Å². The van der Waals surface area contributed by atoms with E-state index in [1.807, 2.05) is 66.4 Å². The van der Waals surface area contributed by atoms with E-state index in [4.69, 9.17) is 0 Å². The molecule has 0 bridgehead atoms. The van der Waals surface area contributed by atoms with Crippen LogP contribution in [0, 0.1) is 6.92 Å². The summed E-state index contributed by atoms with van der Waals surface area (Å²) < 4.78 is 5.66. The fourth-order valence-corrected chi connectivity index (χ4v) is 4.74. The summed E-state index contributed by atoms with van der Waals surface area (Å²) in [6, 6.07) is 17.9. The molecule has 1 aliphatic heterocycles. The highest BCUT2D eigenvalue weighted by Crippen LogP contribution is 2.34. The maximum atomic E-state index is 12.9. The minimum absolute atomic E-state index is 0.102. The van der Waals surface area contributed by atoms with Gasteiger partial charge in [-0.05, 0) is 30.1 Å². The normalized spacial score (nSPS) is 14.3. The lowest BCUT2D eigenvalue weighted by atomic mass is 10.1. The smallest absolute Gasteiger partial charge is 0.254 e. The zero-order chi connectivity index (χ0) is 20.5. The van der Waals surface area contributed by atoms with Gasteiger partial charge in [-0.25, -0.2) is 9.97 Å². The topological polar surface area (TPSA) is 62.2 Å². The van der Waals surface area contributed by atoms with Crippen LogP contribution in [0.1, 0.15) is 15.9 Å². The van der Waals surface area contributed by atoms with Gasteiger partial charge in [0.2, 0.25) is 0 Å². The molecule has 2 aromatic heterocycles. The molecule has 30 heavy (non-hydrogen) atoms. The van der Waals surface area contributed by atoms with Gasteiger partial charge in [0.15, 0.2) is 5.82 Å². The monoisotopic (exact) mass is 415 g/mol. The van der Waals surface area contributed by atoms with E-state index < -0.39 is 0 Å². The Morgan fingerprint density at radius 2 is 1.67 bits per heavy atom. The molecule has 0 saturated carbocycles. The fourth-order valence-electron chi connectivity index (χ4n) is 3.87. The summed E-state index contributed by atoms with van der Waals surface area (Å²) in [7, 11) is 0. The van der Waals surface area contributed by atoms with Gasteiger partial charge in [-0.1, -0.05) is 48.5 Å². The van der Waals surface area contributed by atoms with Crippen molar-refractivity contribution in [3.63, 3.8) is 0 Å². The Morgan fingerprint density at radius 3 is 2.43 bits per heavy atom. The molecule has 1 amide bonds. The van der Waals surface area contributed by atoms with Gasteiger partial charge in [0.1, 0.15) is 22.2 Å². The number of fused-ring (bicyclic) bond motifs is 1. The predicted octanol–water partition coefficient (Wildman–Crippen LogP) is 4.02. The molecule has 4 aromatic rings. The van der Waals surface area contributed by atoms with Crippen molar-refractivity contribution in [2.45, 2.75) is 6.92 Å². The molecule has 1 aliphatic rings. The molecule has 3 heterocycles.